The number of alkyl halides is 3. The lowest BCUT2D eigenvalue weighted by Gasteiger charge is -2.33. The van der Waals surface area contributed by atoms with Crippen LogP contribution in [0, 0.1) is 17.0 Å². The van der Waals surface area contributed by atoms with Crippen LogP contribution in [-0.2, 0) is 10.9 Å². The Labute approximate surface area is 159 Å². The standard InChI is InChI=1S/C18H20F3N3O4/c1-12-2-5-17(28-12)16(23-6-8-27-9-7-23)11-22-14-4-3-13(18(19,20)21)10-15(14)24(25)26/h2-5,10,16,22H,6-9,11H2,1H3/t16-/m1/s1. The van der Waals surface area contributed by atoms with E-state index in [1.54, 1.807) is 0 Å². The minimum absolute atomic E-state index is 0.0273. The van der Waals surface area contributed by atoms with Crippen molar-refractivity contribution in [1.82, 2.24) is 4.90 Å². The molecule has 1 saturated heterocycles. The highest BCUT2D eigenvalue weighted by molar-refractivity contribution is 5.63. The van der Waals surface area contributed by atoms with E-state index >= 15 is 0 Å². The average molecular weight is 399 g/mol. The molecule has 1 fully saturated rings. The number of halogens is 3. The molecule has 10 heteroatoms. The maximum atomic E-state index is 12.9. The van der Waals surface area contributed by atoms with Crippen LogP contribution in [0.2, 0.25) is 0 Å². The number of hydrogen-bond donors (Lipinski definition) is 1. The first-order valence-corrected chi connectivity index (χ1v) is 8.73. The Hall–Kier alpha value is -2.59. The quantitative estimate of drug-likeness (QED) is 0.584. The third kappa shape index (κ3) is 4.63. The summed E-state index contributed by atoms with van der Waals surface area (Å²) in [5.74, 6) is 1.41. The maximum Gasteiger partial charge on any atom is 0.416 e. The van der Waals surface area contributed by atoms with Crippen LogP contribution < -0.4 is 5.32 Å². The molecule has 1 aliphatic rings. The van der Waals surface area contributed by atoms with Gasteiger partial charge in [0.2, 0.25) is 0 Å². The summed E-state index contributed by atoms with van der Waals surface area (Å²) in [7, 11) is 0. The molecule has 0 bridgehead atoms. The Balaban J connectivity index is 1.83. The van der Waals surface area contributed by atoms with Gasteiger partial charge in [0.25, 0.3) is 5.69 Å². The van der Waals surface area contributed by atoms with E-state index in [-0.39, 0.29) is 18.3 Å². The Kier molecular flexibility index (Phi) is 5.90. The number of morpholine rings is 1. The summed E-state index contributed by atoms with van der Waals surface area (Å²) < 4.78 is 49.7. The van der Waals surface area contributed by atoms with E-state index in [0.29, 0.717) is 38.1 Å². The number of nitro benzene ring substituents is 1. The van der Waals surface area contributed by atoms with Gasteiger partial charge in [-0.2, -0.15) is 13.2 Å². The fourth-order valence-corrected chi connectivity index (χ4v) is 3.15. The van der Waals surface area contributed by atoms with Gasteiger partial charge in [0.15, 0.2) is 0 Å². The molecule has 1 aromatic heterocycles. The molecule has 1 aromatic carbocycles. The second kappa shape index (κ2) is 8.19. The second-order valence-electron chi connectivity index (χ2n) is 6.48. The normalized spacial score (nSPS) is 16.7. The predicted molar refractivity (Wildman–Crippen MR) is 95.2 cm³/mol. The molecule has 2 heterocycles. The molecule has 0 saturated carbocycles. The number of nitro groups is 1. The molecule has 28 heavy (non-hydrogen) atoms. The Morgan fingerprint density at radius 2 is 1.96 bits per heavy atom. The highest BCUT2D eigenvalue weighted by atomic mass is 19.4. The minimum atomic E-state index is -4.65. The van der Waals surface area contributed by atoms with Gasteiger partial charge in [-0.1, -0.05) is 0 Å². The summed E-state index contributed by atoms with van der Waals surface area (Å²) in [6.45, 7) is 4.46. The van der Waals surface area contributed by atoms with Gasteiger partial charge in [-0.3, -0.25) is 15.0 Å². The lowest BCUT2D eigenvalue weighted by atomic mass is 10.1. The molecule has 3 rings (SSSR count). The van der Waals surface area contributed by atoms with Gasteiger partial charge >= 0.3 is 6.18 Å². The molecule has 1 aliphatic heterocycles. The van der Waals surface area contributed by atoms with Crippen molar-refractivity contribution in [1.29, 1.82) is 0 Å². The highest BCUT2D eigenvalue weighted by Crippen LogP contribution is 2.35. The molecule has 0 aliphatic carbocycles. The molecule has 0 spiro atoms. The molecule has 2 aromatic rings. The van der Waals surface area contributed by atoms with Crippen LogP contribution in [0.25, 0.3) is 0 Å². The van der Waals surface area contributed by atoms with E-state index in [1.807, 2.05) is 19.1 Å². The topological polar surface area (TPSA) is 80.8 Å². The van der Waals surface area contributed by atoms with Crippen LogP contribution >= 0.6 is 0 Å². The van der Waals surface area contributed by atoms with Crippen LogP contribution in [0.3, 0.4) is 0 Å². The fourth-order valence-electron chi connectivity index (χ4n) is 3.15. The maximum absolute atomic E-state index is 12.9. The number of nitrogens with zero attached hydrogens (tertiary/aromatic N) is 2. The average Bonchev–Trinajstić information content (AvgIpc) is 3.08. The Morgan fingerprint density at radius 3 is 2.54 bits per heavy atom. The van der Waals surface area contributed by atoms with Gasteiger partial charge in [-0.25, -0.2) is 0 Å². The molecular weight excluding hydrogens is 379 g/mol. The third-order valence-corrected chi connectivity index (χ3v) is 4.58. The number of benzene rings is 1. The second-order valence-corrected chi connectivity index (χ2v) is 6.48. The first-order valence-electron chi connectivity index (χ1n) is 8.73. The van der Waals surface area contributed by atoms with Gasteiger partial charge in [0.05, 0.1) is 29.7 Å². The van der Waals surface area contributed by atoms with E-state index < -0.39 is 22.4 Å². The number of ether oxygens (including phenoxy) is 1. The first-order chi connectivity index (χ1) is 13.3. The van der Waals surface area contributed by atoms with Crippen molar-refractivity contribution in [2.45, 2.75) is 19.1 Å². The predicted octanol–water partition coefficient (Wildman–Crippen LogP) is 4.00. The van der Waals surface area contributed by atoms with Crippen LogP contribution in [0.5, 0.6) is 0 Å². The highest BCUT2D eigenvalue weighted by Gasteiger charge is 2.33. The van der Waals surface area contributed by atoms with E-state index in [2.05, 4.69) is 10.2 Å². The van der Waals surface area contributed by atoms with E-state index in [9.17, 15) is 23.3 Å². The lowest BCUT2D eigenvalue weighted by molar-refractivity contribution is -0.384. The van der Waals surface area contributed by atoms with E-state index in [4.69, 9.17) is 9.15 Å². The number of anilines is 1. The van der Waals surface area contributed by atoms with E-state index in [0.717, 1.165) is 17.9 Å². The summed E-state index contributed by atoms with van der Waals surface area (Å²) in [5.41, 5.74) is -1.65. The largest absolute Gasteiger partial charge is 0.465 e. The van der Waals surface area contributed by atoms with Crippen molar-refractivity contribution >= 4 is 11.4 Å². The number of hydrogen-bond acceptors (Lipinski definition) is 6. The zero-order valence-electron chi connectivity index (χ0n) is 15.2. The van der Waals surface area contributed by atoms with Crippen molar-refractivity contribution in [3.8, 4) is 0 Å². The number of furan rings is 1. The summed E-state index contributed by atoms with van der Waals surface area (Å²) in [5, 5.41) is 14.2. The van der Waals surface area contributed by atoms with Gasteiger partial charge in [0, 0.05) is 25.7 Å². The van der Waals surface area contributed by atoms with Crippen LogP contribution in [-0.4, -0.2) is 42.7 Å². The first kappa shape index (κ1) is 20.2. The molecule has 0 radical (unpaired) electrons. The zero-order valence-corrected chi connectivity index (χ0v) is 15.2. The zero-order chi connectivity index (χ0) is 20.3. The fraction of sp³-hybridized carbons (Fsp3) is 0.444. The number of rotatable bonds is 6. The number of nitrogens with one attached hydrogen (secondary N) is 1. The smallest absolute Gasteiger partial charge is 0.416 e. The van der Waals surface area contributed by atoms with Crippen LogP contribution in [0.15, 0.2) is 34.7 Å². The summed E-state index contributed by atoms with van der Waals surface area (Å²) >= 11 is 0. The monoisotopic (exact) mass is 399 g/mol. The van der Waals surface area contributed by atoms with Gasteiger partial charge < -0.3 is 14.5 Å². The molecule has 0 unspecified atom stereocenters. The molecule has 7 nitrogen and oxygen atoms in total. The summed E-state index contributed by atoms with van der Waals surface area (Å²) in [6, 6.07) is 5.88. The molecule has 1 N–H and O–H groups in total. The van der Waals surface area contributed by atoms with Crippen molar-refractivity contribution in [3.05, 3.63) is 57.5 Å². The molecule has 152 valence electrons. The number of aryl methyl sites for hydroxylation is 1. The molecule has 0 amide bonds. The van der Waals surface area contributed by atoms with Crippen molar-refractivity contribution in [2.24, 2.45) is 0 Å². The van der Waals surface area contributed by atoms with Gasteiger partial charge in [-0.05, 0) is 31.2 Å². The van der Waals surface area contributed by atoms with Gasteiger partial charge in [-0.15, -0.1) is 0 Å². The van der Waals surface area contributed by atoms with Gasteiger partial charge in [0.1, 0.15) is 17.2 Å². The van der Waals surface area contributed by atoms with Crippen LogP contribution in [0.4, 0.5) is 24.5 Å². The minimum Gasteiger partial charge on any atom is -0.465 e. The Bertz CT molecular complexity index is 832. The third-order valence-electron chi connectivity index (χ3n) is 4.58. The summed E-state index contributed by atoms with van der Waals surface area (Å²) in [6.07, 6.45) is -4.65. The Morgan fingerprint density at radius 1 is 1.25 bits per heavy atom. The lowest BCUT2D eigenvalue weighted by Crippen LogP contribution is -2.41. The summed E-state index contributed by atoms with van der Waals surface area (Å²) in [4.78, 5) is 12.6. The van der Waals surface area contributed by atoms with Crippen molar-refractivity contribution in [2.75, 3.05) is 38.2 Å². The SMILES string of the molecule is Cc1ccc([C@@H](CNc2ccc(C(F)(F)F)cc2[N+](=O)[O-])N2CCOCC2)o1. The van der Waals surface area contributed by atoms with E-state index in [1.165, 1.54) is 0 Å². The molecular formula is C18H20F3N3O4. The van der Waals surface area contributed by atoms with Crippen molar-refractivity contribution < 1.29 is 27.2 Å². The van der Waals surface area contributed by atoms with Crippen molar-refractivity contribution in [3.63, 3.8) is 0 Å². The molecule has 1 atom stereocenters. The van der Waals surface area contributed by atoms with Crippen LogP contribution in [0.1, 0.15) is 23.1 Å².